The van der Waals surface area contributed by atoms with Gasteiger partial charge in [0, 0.05) is 10.9 Å². The van der Waals surface area contributed by atoms with Crippen molar-refractivity contribution in [2.45, 2.75) is 13.0 Å². The number of benzene rings is 2. The molecule has 0 aliphatic rings. The van der Waals surface area contributed by atoms with E-state index < -0.39 is 0 Å². The van der Waals surface area contributed by atoms with Crippen molar-refractivity contribution >= 4 is 16.8 Å². The van der Waals surface area contributed by atoms with Gasteiger partial charge in [-0.1, -0.05) is 30.3 Å². The summed E-state index contributed by atoms with van der Waals surface area (Å²) in [6.07, 6.45) is 0. The fraction of sp³-hybridized carbons (Fsp3) is 0.118. The molecule has 0 bridgehead atoms. The van der Waals surface area contributed by atoms with Gasteiger partial charge in [0.15, 0.2) is 0 Å². The summed E-state index contributed by atoms with van der Waals surface area (Å²) < 4.78 is 13.2. The first-order valence-electron chi connectivity index (χ1n) is 6.77. The summed E-state index contributed by atoms with van der Waals surface area (Å²) >= 11 is 0. The van der Waals surface area contributed by atoms with E-state index in [1.807, 2.05) is 37.3 Å². The van der Waals surface area contributed by atoms with E-state index in [1.165, 1.54) is 12.1 Å². The molecule has 1 atom stereocenters. The highest BCUT2D eigenvalue weighted by molar-refractivity contribution is 5.98. The predicted molar refractivity (Wildman–Crippen MR) is 80.6 cm³/mol. The lowest BCUT2D eigenvalue weighted by atomic mass is 10.1. The second kappa shape index (κ2) is 5.40. The molecule has 0 aliphatic carbocycles. The third kappa shape index (κ3) is 2.79. The molecule has 1 aromatic heterocycles. The van der Waals surface area contributed by atoms with E-state index in [9.17, 15) is 9.18 Å². The molecule has 0 saturated carbocycles. The van der Waals surface area contributed by atoms with Crippen LogP contribution in [0.5, 0.6) is 0 Å². The average molecular weight is 282 g/mol. The molecule has 106 valence electrons. The number of amides is 1. The molecule has 1 heterocycles. The highest BCUT2D eigenvalue weighted by atomic mass is 19.1. The van der Waals surface area contributed by atoms with E-state index in [0.29, 0.717) is 11.2 Å². The van der Waals surface area contributed by atoms with E-state index in [1.54, 1.807) is 12.1 Å². The SMILES string of the molecule is C[C@H](NC(=O)c1cc2ccc(F)cc2[nH]1)c1ccccc1. The zero-order valence-corrected chi connectivity index (χ0v) is 11.6. The van der Waals surface area contributed by atoms with E-state index >= 15 is 0 Å². The standard InChI is InChI=1S/C17H15FN2O/c1-11(12-5-3-2-4-6-12)19-17(21)16-9-13-7-8-14(18)10-15(13)20-16/h2-11,20H,1H3,(H,19,21)/t11-/m0/s1. The summed E-state index contributed by atoms with van der Waals surface area (Å²) in [6.45, 7) is 1.93. The molecule has 21 heavy (non-hydrogen) atoms. The van der Waals surface area contributed by atoms with Crippen LogP contribution in [0.15, 0.2) is 54.6 Å². The topological polar surface area (TPSA) is 44.9 Å². The van der Waals surface area contributed by atoms with Gasteiger partial charge in [-0.2, -0.15) is 0 Å². The molecule has 2 aromatic carbocycles. The molecule has 0 saturated heterocycles. The van der Waals surface area contributed by atoms with Gasteiger partial charge in [0.2, 0.25) is 0 Å². The van der Waals surface area contributed by atoms with Crippen LogP contribution in [0.2, 0.25) is 0 Å². The Kier molecular flexibility index (Phi) is 3.44. The lowest BCUT2D eigenvalue weighted by Crippen LogP contribution is -2.26. The van der Waals surface area contributed by atoms with Crippen molar-refractivity contribution in [3.05, 3.63) is 71.7 Å². The molecule has 1 amide bonds. The molecule has 0 spiro atoms. The number of carbonyl (C=O) groups is 1. The van der Waals surface area contributed by atoms with Gasteiger partial charge in [-0.15, -0.1) is 0 Å². The van der Waals surface area contributed by atoms with Crippen molar-refractivity contribution < 1.29 is 9.18 Å². The number of rotatable bonds is 3. The van der Waals surface area contributed by atoms with Gasteiger partial charge in [-0.3, -0.25) is 4.79 Å². The van der Waals surface area contributed by atoms with Crippen LogP contribution in [0, 0.1) is 5.82 Å². The van der Waals surface area contributed by atoms with Crippen LogP contribution in [0.4, 0.5) is 4.39 Å². The summed E-state index contributed by atoms with van der Waals surface area (Å²) in [5, 5.41) is 3.74. The smallest absolute Gasteiger partial charge is 0.268 e. The lowest BCUT2D eigenvalue weighted by molar-refractivity contribution is 0.0935. The van der Waals surface area contributed by atoms with Crippen LogP contribution < -0.4 is 5.32 Å². The molecule has 0 fully saturated rings. The zero-order chi connectivity index (χ0) is 14.8. The normalized spacial score (nSPS) is 12.3. The largest absolute Gasteiger partial charge is 0.350 e. The van der Waals surface area contributed by atoms with E-state index in [4.69, 9.17) is 0 Å². The van der Waals surface area contributed by atoms with Crippen molar-refractivity contribution in [3.8, 4) is 0 Å². The molecule has 3 nitrogen and oxygen atoms in total. The summed E-state index contributed by atoms with van der Waals surface area (Å²) in [7, 11) is 0. The third-order valence-corrected chi connectivity index (χ3v) is 3.48. The number of carbonyl (C=O) groups excluding carboxylic acids is 1. The monoisotopic (exact) mass is 282 g/mol. The van der Waals surface area contributed by atoms with Gasteiger partial charge >= 0.3 is 0 Å². The fourth-order valence-electron chi connectivity index (χ4n) is 2.32. The minimum atomic E-state index is -0.325. The zero-order valence-electron chi connectivity index (χ0n) is 11.6. The molecule has 3 aromatic rings. The van der Waals surface area contributed by atoms with E-state index in [2.05, 4.69) is 10.3 Å². The number of fused-ring (bicyclic) bond motifs is 1. The number of halogens is 1. The third-order valence-electron chi connectivity index (χ3n) is 3.48. The maximum Gasteiger partial charge on any atom is 0.268 e. The van der Waals surface area contributed by atoms with Crippen molar-refractivity contribution in [2.24, 2.45) is 0 Å². The van der Waals surface area contributed by atoms with Crippen LogP contribution >= 0.6 is 0 Å². The van der Waals surface area contributed by atoms with Crippen molar-refractivity contribution in [1.82, 2.24) is 10.3 Å². The first-order chi connectivity index (χ1) is 10.1. The highest BCUT2D eigenvalue weighted by Gasteiger charge is 2.13. The number of aromatic nitrogens is 1. The maximum absolute atomic E-state index is 13.2. The Bertz CT molecular complexity index is 780. The average Bonchev–Trinajstić information content (AvgIpc) is 2.91. The maximum atomic E-state index is 13.2. The first kappa shape index (κ1) is 13.4. The fourth-order valence-corrected chi connectivity index (χ4v) is 2.32. The van der Waals surface area contributed by atoms with Gasteiger partial charge in [-0.05, 0) is 36.8 Å². The van der Waals surface area contributed by atoms with Crippen LogP contribution in [0.25, 0.3) is 10.9 Å². The Morgan fingerprint density at radius 2 is 1.90 bits per heavy atom. The summed E-state index contributed by atoms with van der Waals surface area (Å²) in [5.41, 5.74) is 2.08. The Morgan fingerprint density at radius 1 is 1.14 bits per heavy atom. The Hall–Kier alpha value is -2.62. The Labute approximate surface area is 121 Å². The lowest BCUT2D eigenvalue weighted by Gasteiger charge is -2.13. The van der Waals surface area contributed by atoms with E-state index in [0.717, 1.165) is 10.9 Å². The van der Waals surface area contributed by atoms with Crippen LogP contribution in [-0.4, -0.2) is 10.9 Å². The van der Waals surface area contributed by atoms with Crippen molar-refractivity contribution in [1.29, 1.82) is 0 Å². The van der Waals surface area contributed by atoms with Crippen LogP contribution in [0.1, 0.15) is 29.0 Å². The Balaban J connectivity index is 1.80. The van der Waals surface area contributed by atoms with Gasteiger partial charge in [0.05, 0.1) is 6.04 Å². The van der Waals surface area contributed by atoms with Gasteiger partial charge < -0.3 is 10.3 Å². The number of nitrogens with one attached hydrogen (secondary N) is 2. The van der Waals surface area contributed by atoms with E-state index in [-0.39, 0.29) is 17.8 Å². The summed E-state index contributed by atoms with van der Waals surface area (Å²) in [6, 6.07) is 15.8. The number of H-pyrrole nitrogens is 1. The molecular formula is C17H15FN2O. The predicted octanol–water partition coefficient (Wildman–Crippen LogP) is 3.80. The summed E-state index contributed by atoms with van der Waals surface area (Å²) in [5.74, 6) is -0.531. The number of hydrogen-bond acceptors (Lipinski definition) is 1. The van der Waals surface area contributed by atoms with Crippen molar-refractivity contribution in [2.75, 3.05) is 0 Å². The molecule has 4 heteroatoms. The molecule has 0 unspecified atom stereocenters. The highest BCUT2D eigenvalue weighted by Crippen LogP contribution is 2.18. The molecule has 0 aliphatic heterocycles. The second-order valence-electron chi connectivity index (χ2n) is 5.02. The number of hydrogen-bond donors (Lipinski definition) is 2. The van der Waals surface area contributed by atoms with Gasteiger partial charge in [0.25, 0.3) is 5.91 Å². The molecular weight excluding hydrogens is 267 g/mol. The van der Waals surface area contributed by atoms with Gasteiger partial charge in [0.1, 0.15) is 11.5 Å². The summed E-state index contributed by atoms with van der Waals surface area (Å²) in [4.78, 5) is 15.2. The quantitative estimate of drug-likeness (QED) is 0.754. The van der Waals surface area contributed by atoms with Crippen molar-refractivity contribution in [3.63, 3.8) is 0 Å². The van der Waals surface area contributed by atoms with Gasteiger partial charge in [-0.25, -0.2) is 4.39 Å². The number of aromatic amines is 1. The first-order valence-corrected chi connectivity index (χ1v) is 6.77. The molecule has 3 rings (SSSR count). The van der Waals surface area contributed by atoms with Crippen LogP contribution in [-0.2, 0) is 0 Å². The molecule has 2 N–H and O–H groups in total. The minimum Gasteiger partial charge on any atom is -0.350 e. The second-order valence-corrected chi connectivity index (χ2v) is 5.02. The minimum absolute atomic E-state index is 0.0955. The van der Waals surface area contributed by atoms with Crippen LogP contribution in [0.3, 0.4) is 0 Å². The molecule has 0 radical (unpaired) electrons. The Morgan fingerprint density at radius 3 is 2.67 bits per heavy atom.